The topological polar surface area (TPSA) is 87.6 Å². The van der Waals surface area contributed by atoms with Crippen LogP contribution in [0.15, 0.2) is 27.4 Å². The van der Waals surface area contributed by atoms with Crippen molar-refractivity contribution in [3.05, 3.63) is 40.3 Å². The van der Waals surface area contributed by atoms with E-state index in [9.17, 15) is 10.1 Å². The number of imidazole rings is 1. The van der Waals surface area contributed by atoms with Crippen molar-refractivity contribution >= 4 is 11.1 Å². The first-order valence-electron chi connectivity index (χ1n) is 5.67. The van der Waals surface area contributed by atoms with Crippen LogP contribution in [-0.4, -0.2) is 14.5 Å². The monoisotopic (exact) mass is 254 g/mol. The Bertz CT molecular complexity index is 876. The van der Waals surface area contributed by atoms with Crippen LogP contribution in [0, 0.1) is 18.3 Å². The van der Waals surface area contributed by atoms with Crippen molar-refractivity contribution in [3.8, 4) is 17.3 Å². The zero-order valence-electron chi connectivity index (χ0n) is 10.4. The summed E-state index contributed by atoms with van der Waals surface area (Å²) in [5, 5.41) is 9.20. The Labute approximate surface area is 107 Å². The van der Waals surface area contributed by atoms with Crippen molar-refractivity contribution in [1.29, 1.82) is 5.26 Å². The largest absolute Gasteiger partial charge is 0.417 e. The summed E-state index contributed by atoms with van der Waals surface area (Å²) in [5.74, 6) is 0.257. The van der Waals surface area contributed by atoms with E-state index in [2.05, 4.69) is 16.0 Å². The minimum atomic E-state index is -0.496. The van der Waals surface area contributed by atoms with Crippen molar-refractivity contribution < 1.29 is 4.42 Å². The van der Waals surface area contributed by atoms with Gasteiger partial charge in [0, 0.05) is 12.6 Å². The van der Waals surface area contributed by atoms with E-state index in [0.717, 1.165) is 11.4 Å². The number of aryl methyl sites for hydroxylation is 1. The lowest BCUT2D eigenvalue weighted by atomic mass is 10.1. The number of aromatic amines is 1. The normalized spacial score (nSPS) is 10.8. The SMILES string of the molecule is Cc1nc(-c2ccc3[nH]c(=O)oc3c2)c(C#N)n1C. The third kappa shape index (κ3) is 1.64. The van der Waals surface area contributed by atoms with Crippen LogP contribution in [0.5, 0.6) is 0 Å². The fourth-order valence-corrected chi connectivity index (χ4v) is 2.03. The molecule has 94 valence electrons. The smallest absolute Gasteiger partial charge is 0.408 e. The summed E-state index contributed by atoms with van der Waals surface area (Å²) >= 11 is 0. The van der Waals surface area contributed by atoms with E-state index in [0.29, 0.717) is 22.5 Å². The van der Waals surface area contributed by atoms with E-state index in [-0.39, 0.29) is 0 Å². The first-order valence-corrected chi connectivity index (χ1v) is 5.67. The van der Waals surface area contributed by atoms with Gasteiger partial charge in [-0.15, -0.1) is 0 Å². The van der Waals surface area contributed by atoms with Crippen molar-refractivity contribution in [1.82, 2.24) is 14.5 Å². The highest BCUT2D eigenvalue weighted by Crippen LogP contribution is 2.25. The highest BCUT2D eigenvalue weighted by atomic mass is 16.4. The third-order valence-electron chi connectivity index (χ3n) is 3.12. The first kappa shape index (κ1) is 11.3. The second-order valence-corrected chi connectivity index (χ2v) is 4.25. The number of fused-ring (bicyclic) bond motifs is 1. The van der Waals surface area contributed by atoms with Gasteiger partial charge in [-0.2, -0.15) is 5.26 Å². The molecule has 3 rings (SSSR count). The van der Waals surface area contributed by atoms with Gasteiger partial charge in [0.1, 0.15) is 23.3 Å². The number of rotatable bonds is 1. The lowest BCUT2D eigenvalue weighted by molar-refractivity contribution is 0.555. The summed E-state index contributed by atoms with van der Waals surface area (Å²) in [6.45, 7) is 1.83. The Morgan fingerprint density at radius 3 is 3.00 bits per heavy atom. The van der Waals surface area contributed by atoms with Crippen LogP contribution < -0.4 is 5.76 Å². The molecular formula is C13H10N4O2. The molecule has 2 heterocycles. The Morgan fingerprint density at radius 1 is 1.47 bits per heavy atom. The van der Waals surface area contributed by atoms with Crippen LogP contribution >= 0.6 is 0 Å². The van der Waals surface area contributed by atoms with Gasteiger partial charge in [-0.05, 0) is 19.1 Å². The van der Waals surface area contributed by atoms with Crippen molar-refractivity contribution in [2.75, 3.05) is 0 Å². The average molecular weight is 254 g/mol. The molecule has 1 aromatic carbocycles. The number of H-pyrrole nitrogens is 1. The minimum absolute atomic E-state index is 0.453. The number of nitrogens with zero attached hydrogens (tertiary/aromatic N) is 3. The molecule has 0 bridgehead atoms. The van der Waals surface area contributed by atoms with Crippen molar-refractivity contribution in [2.45, 2.75) is 6.92 Å². The Morgan fingerprint density at radius 2 is 2.26 bits per heavy atom. The van der Waals surface area contributed by atoms with E-state index in [1.807, 2.05) is 6.92 Å². The summed E-state index contributed by atoms with van der Waals surface area (Å²) in [6, 6.07) is 7.38. The average Bonchev–Trinajstić information content (AvgIpc) is 2.89. The van der Waals surface area contributed by atoms with Gasteiger partial charge in [-0.1, -0.05) is 6.07 Å². The zero-order chi connectivity index (χ0) is 13.6. The maximum atomic E-state index is 11.1. The highest BCUT2D eigenvalue weighted by molar-refractivity contribution is 5.80. The molecular weight excluding hydrogens is 244 g/mol. The van der Waals surface area contributed by atoms with Crippen LogP contribution in [0.2, 0.25) is 0 Å². The maximum Gasteiger partial charge on any atom is 0.417 e. The number of aromatic nitrogens is 3. The predicted molar refractivity (Wildman–Crippen MR) is 68.5 cm³/mol. The van der Waals surface area contributed by atoms with E-state index in [1.54, 1.807) is 29.8 Å². The fraction of sp³-hybridized carbons (Fsp3) is 0.154. The zero-order valence-corrected chi connectivity index (χ0v) is 10.4. The molecule has 0 unspecified atom stereocenters. The predicted octanol–water partition coefficient (Wildman–Crippen LogP) is 1.70. The molecule has 0 aliphatic carbocycles. The van der Waals surface area contributed by atoms with Gasteiger partial charge in [0.15, 0.2) is 5.58 Å². The standard InChI is InChI=1S/C13H10N4O2/c1-7-15-12(10(6-14)17(7)2)8-3-4-9-11(5-8)19-13(18)16-9/h3-5H,1-2H3,(H,16,18). The molecule has 2 aromatic heterocycles. The van der Waals surface area contributed by atoms with Gasteiger partial charge in [0.25, 0.3) is 0 Å². The molecule has 0 aliphatic heterocycles. The molecule has 19 heavy (non-hydrogen) atoms. The van der Waals surface area contributed by atoms with E-state index < -0.39 is 5.76 Å². The van der Waals surface area contributed by atoms with Crippen molar-refractivity contribution in [2.24, 2.45) is 7.05 Å². The molecule has 0 saturated heterocycles. The Kier molecular flexibility index (Phi) is 2.29. The molecule has 6 heteroatoms. The molecule has 1 N–H and O–H groups in total. The molecule has 0 atom stereocenters. The molecule has 0 spiro atoms. The van der Waals surface area contributed by atoms with Crippen LogP contribution in [0.1, 0.15) is 11.5 Å². The number of nitriles is 1. The first-order chi connectivity index (χ1) is 9.10. The Balaban J connectivity index is 2.27. The van der Waals surface area contributed by atoms with Crippen LogP contribution in [0.4, 0.5) is 0 Å². The number of nitrogens with one attached hydrogen (secondary N) is 1. The molecule has 0 radical (unpaired) electrons. The number of hydrogen-bond acceptors (Lipinski definition) is 4. The van der Waals surface area contributed by atoms with E-state index >= 15 is 0 Å². The van der Waals surface area contributed by atoms with Gasteiger partial charge in [-0.25, -0.2) is 9.78 Å². The summed E-state index contributed by atoms with van der Waals surface area (Å²) in [6.07, 6.45) is 0. The summed E-state index contributed by atoms with van der Waals surface area (Å²) in [5.41, 5.74) is 2.90. The molecule has 3 aromatic rings. The molecule has 0 amide bonds. The molecule has 0 saturated carbocycles. The van der Waals surface area contributed by atoms with Gasteiger partial charge >= 0.3 is 5.76 Å². The fourth-order valence-electron chi connectivity index (χ4n) is 2.03. The molecule has 6 nitrogen and oxygen atoms in total. The summed E-state index contributed by atoms with van der Waals surface area (Å²) in [4.78, 5) is 18.1. The molecule has 0 aliphatic rings. The number of hydrogen-bond donors (Lipinski definition) is 1. The second-order valence-electron chi connectivity index (χ2n) is 4.25. The quantitative estimate of drug-likeness (QED) is 0.715. The minimum Gasteiger partial charge on any atom is -0.408 e. The van der Waals surface area contributed by atoms with E-state index in [1.165, 1.54) is 0 Å². The third-order valence-corrected chi connectivity index (χ3v) is 3.12. The van der Waals surface area contributed by atoms with Crippen molar-refractivity contribution in [3.63, 3.8) is 0 Å². The summed E-state index contributed by atoms with van der Waals surface area (Å²) in [7, 11) is 1.79. The molecule has 0 fully saturated rings. The second kappa shape index (κ2) is 3.85. The van der Waals surface area contributed by atoms with Crippen LogP contribution in [0.25, 0.3) is 22.4 Å². The Hall–Kier alpha value is -2.81. The summed E-state index contributed by atoms with van der Waals surface area (Å²) < 4.78 is 6.74. The number of oxazole rings is 1. The van der Waals surface area contributed by atoms with Crippen LogP contribution in [-0.2, 0) is 7.05 Å². The van der Waals surface area contributed by atoms with Gasteiger partial charge in [0.2, 0.25) is 0 Å². The highest BCUT2D eigenvalue weighted by Gasteiger charge is 2.14. The van der Waals surface area contributed by atoms with E-state index in [4.69, 9.17) is 4.42 Å². The van der Waals surface area contributed by atoms with Crippen LogP contribution in [0.3, 0.4) is 0 Å². The number of benzene rings is 1. The lowest BCUT2D eigenvalue weighted by Gasteiger charge is -1.98. The van der Waals surface area contributed by atoms with Gasteiger partial charge in [-0.3, -0.25) is 4.98 Å². The van der Waals surface area contributed by atoms with Gasteiger partial charge in [0.05, 0.1) is 5.52 Å². The lowest BCUT2D eigenvalue weighted by Crippen LogP contribution is -1.94. The van der Waals surface area contributed by atoms with Gasteiger partial charge < -0.3 is 8.98 Å². The maximum absolute atomic E-state index is 11.1.